The molecule has 0 aliphatic rings. The Labute approximate surface area is 165 Å². The molecule has 0 aliphatic heterocycles. The van der Waals surface area contributed by atoms with E-state index in [4.69, 9.17) is 14.6 Å². The largest absolute Gasteiger partial charge is 0.489 e. The number of aromatic nitrogens is 1. The second-order valence-electron chi connectivity index (χ2n) is 5.82. The van der Waals surface area contributed by atoms with Crippen LogP contribution in [0.15, 0.2) is 59.2 Å². The van der Waals surface area contributed by atoms with Crippen LogP contribution in [0.1, 0.15) is 12.0 Å². The van der Waals surface area contributed by atoms with E-state index in [9.17, 15) is 4.79 Å². The van der Waals surface area contributed by atoms with Crippen LogP contribution in [0.3, 0.4) is 0 Å². The van der Waals surface area contributed by atoms with Gasteiger partial charge < -0.3 is 19.9 Å². The molecule has 1 amide bonds. The summed E-state index contributed by atoms with van der Waals surface area (Å²) < 4.78 is 12.8. The summed E-state index contributed by atoms with van der Waals surface area (Å²) in [7, 11) is 0. The van der Waals surface area contributed by atoms with Crippen LogP contribution in [-0.2, 0) is 6.61 Å². The topological polar surface area (TPSA) is 80.7 Å². The first kappa shape index (κ1) is 19.0. The fourth-order valence-electron chi connectivity index (χ4n) is 2.57. The van der Waals surface area contributed by atoms with Crippen molar-refractivity contribution < 1.29 is 19.4 Å². The number of pyridine rings is 1. The normalized spacial score (nSPS) is 10.6. The third kappa shape index (κ3) is 5.34. The molecule has 0 spiro atoms. The molecule has 0 aliphatic carbocycles. The number of nitrogens with zero attached hydrogens (tertiary/aromatic N) is 1. The Balaban J connectivity index is 1.79. The summed E-state index contributed by atoms with van der Waals surface area (Å²) in [6.07, 6.45) is 1.23. The highest BCUT2D eigenvalue weighted by Crippen LogP contribution is 2.36. The lowest BCUT2D eigenvalue weighted by Gasteiger charge is -2.15. The summed E-state index contributed by atoms with van der Waals surface area (Å²) >= 11 is 3.44. The Morgan fingerprint density at radius 3 is 2.74 bits per heavy atom. The average molecular weight is 431 g/mol. The number of carboxylic acid groups (broad SMARTS) is 1. The summed E-state index contributed by atoms with van der Waals surface area (Å²) in [6, 6.07) is 15.6. The van der Waals surface area contributed by atoms with E-state index in [0.29, 0.717) is 37.7 Å². The molecule has 1 aromatic heterocycles. The van der Waals surface area contributed by atoms with E-state index in [1.807, 2.05) is 48.5 Å². The molecule has 0 unspecified atom stereocenters. The maximum Gasteiger partial charge on any atom is 0.404 e. The second kappa shape index (κ2) is 9.23. The highest BCUT2D eigenvalue weighted by atomic mass is 79.9. The smallest absolute Gasteiger partial charge is 0.404 e. The Bertz CT molecular complexity index is 919. The Morgan fingerprint density at radius 1 is 1.15 bits per heavy atom. The van der Waals surface area contributed by atoms with E-state index in [1.54, 1.807) is 6.20 Å². The number of halogens is 1. The molecule has 0 atom stereocenters. The summed E-state index contributed by atoms with van der Waals surface area (Å²) in [5.74, 6) is 1.23. The zero-order chi connectivity index (χ0) is 19.1. The van der Waals surface area contributed by atoms with Gasteiger partial charge in [-0.1, -0.05) is 30.3 Å². The van der Waals surface area contributed by atoms with E-state index in [-0.39, 0.29) is 0 Å². The van der Waals surface area contributed by atoms with Crippen molar-refractivity contribution in [1.29, 1.82) is 0 Å². The number of ether oxygens (including phenoxy) is 2. The van der Waals surface area contributed by atoms with Crippen LogP contribution in [-0.4, -0.2) is 29.3 Å². The third-order valence-corrected chi connectivity index (χ3v) is 4.26. The van der Waals surface area contributed by atoms with Crippen molar-refractivity contribution in [2.24, 2.45) is 0 Å². The first-order chi connectivity index (χ1) is 13.1. The average Bonchev–Trinajstić information content (AvgIpc) is 2.67. The van der Waals surface area contributed by atoms with Gasteiger partial charge in [0.2, 0.25) is 0 Å². The summed E-state index contributed by atoms with van der Waals surface area (Å²) in [6.45, 7) is 1.10. The minimum atomic E-state index is -1.04. The van der Waals surface area contributed by atoms with Gasteiger partial charge in [0.15, 0.2) is 11.5 Å². The van der Waals surface area contributed by atoms with Crippen LogP contribution < -0.4 is 14.8 Å². The molecule has 27 heavy (non-hydrogen) atoms. The quantitative estimate of drug-likeness (QED) is 0.509. The monoisotopic (exact) mass is 430 g/mol. The Morgan fingerprint density at radius 2 is 1.96 bits per heavy atom. The van der Waals surface area contributed by atoms with E-state index in [1.165, 1.54) is 0 Å². The van der Waals surface area contributed by atoms with Crippen molar-refractivity contribution in [2.45, 2.75) is 13.0 Å². The van der Waals surface area contributed by atoms with Gasteiger partial charge >= 0.3 is 6.09 Å². The van der Waals surface area contributed by atoms with Crippen LogP contribution in [0.25, 0.3) is 10.9 Å². The van der Waals surface area contributed by atoms with Crippen LogP contribution in [0.5, 0.6) is 11.5 Å². The number of nitrogens with one attached hydrogen (secondary N) is 1. The van der Waals surface area contributed by atoms with Gasteiger partial charge in [-0.3, -0.25) is 4.98 Å². The molecule has 0 saturated carbocycles. The lowest BCUT2D eigenvalue weighted by atomic mass is 10.2. The van der Waals surface area contributed by atoms with Crippen molar-refractivity contribution in [3.63, 3.8) is 0 Å². The molecule has 140 valence electrons. The van der Waals surface area contributed by atoms with Gasteiger partial charge in [0.05, 0.1) is 12.1 Å². The SMILES string of the molecule is O=C(O)NCCCOc1c(OCc2ccccc2)ccc2ncc(Br)cc12. The van der Waals surface area contributed by atoms with Crippen molar-refractivity contribution in [3.05, 3.63) is 64.8 Å². The molecule has 0 radical (unpaired) electrons. The first-order valence-electron chi connectivity index (χ1n) is 8.48. The Hall–Kier alpha value is -2.80. The van der Waals surface area contributed by atoms with Gasteiger partial charge in [-0.05, 0) is 46.1 Å². The molecule has 0 saturated heterocycles. The van der Waals surface area contributed by atoms with E-state index >= 15 is 0 Å². The fourth-order valence-corrected chi connectivity index (χ4v) is 2.90. The lowest BCUT2D eigenvalue weighted by Crippen LogP contribution is -2.23. The minimum absolute atomic E-state index is 0.322. The third-order valence-electron chi connectivity index (χ3n) is 3.83. The summed E-state index contributed by atoms with van der Waals surface area (Å²) in [5.41, 5.74) is 1.85. The maximum absolute atomic E-state index is 10.5. The number of hydrogen-bond donors (Lipinski definition) is 2. The van der Waals surface area contributed by atoms with Gasteiger partial charge in [0, 0.05) is 22.6 Å². The molecule has 1 heterocycles. The molecule has 0 bridgehead atoms. The van der Waals surface area contributed by atoms with Crippen LogP contribution >= 0.6 is 15.9 Å². The van der Waals surface area contributed by atoms with Crippen molar-refractivity contribution in [1.82, 2.24) is 10.3 Å². The molecular formula is C20H19BrN2O4. The Kier molecular flexibility index (Phi) is 6.49. The molecule has 7 heteroatoms. The lowest BCUT2D eigenvalue weighted by molar-refractivity contribution is 0.193. The number of fused-ring (bicyclic) bond motifs is 1. The van der Waals surface area contributed by atoms with E-state index in [0.717, 1.165) is 20.9 Å². The highest BCUT2D eigenvalue weighted by Gasteiger charge is 2.12. The van der Waals surface area contributed by atoms with Crippen LogP contribution in [0, 0.1) is 0 Å². The zero-order valence-corrected chi connectivity index (χ0v) is 16.1. The van der Waals surface area contributed by atoms with Crippen molar-refractivity contribution in [2.75, 3.05) is 13.2 Å². The molecule has 2 aromatic carbocycles. The second-order valence-corrected chi connectivity index (χ2v) is 6.74. The molecule has 0 fully saturated rings. The number of amides is 1. The first-order valence-corrected chi connectivity index (χ1v) is 9.27. The van der Waals surface area contributed by atoms with Crippen LogP contribution in [0.2, 0.25) is 0 Å². The molecular weight excluding hydrogens is 412 g/mol. The van der Waals surface area contributed by atoms with Crippen LogP contribution in [0.4, 0.5) is 4.79 Å². The summed E-state index contributed by atoms with van der Waals surface area (Å²) in [4.78, 5) is 14.9. The summed E-state index contributed by atoms with van der Waals surface area (Å²) in [5, 5.41) is 11.8. The minimum Gasteiger partial charge on any atom is -0.489 e. The van der Waals surface area contributed by atoms with E-state index < -0.39 is 6.09 Å². The molecule has 3 rings (SSSR count). The molecule has 2 N–H and O–H groups in total. The fraction of sp³-hybridized carbons (Fsp3) is 0.200. The number of hydrogen-bond acceptors (Lipinski definition) is 4. The van der Waals surface area contributed by atoms with Crippen molar-refractivity contribution >= 4 is 32.9 Å². The zero-order valence-electron chi connectivity index (χ0n) is 14.5. The van der Waals surface area contributed by atoms with Gasteiger partial charge in [0.1, 0.15) is 6.61 Å². The predicted molar refractivity (Wildman–Crippen MR) is 106 cm³/mol. The van der Waals surface area contributed by atoms with Gasteiger partial charge in [-0.15, -0.1) is 0 Å². The highest BCUT2D eigenvalue weighted by molar-refractivity contribution is 9.10. The number of rotatable bonds is 8. The van der Waals surface area contributed by atoms with E-state index in [2.05, 4.69) is 26.2 Å². The molecule has 6 nitrogen and oxygen atoms in total. The number of benzene rings is 2. The number of carbonyl (C=O) groups is 1. The van der Waals surface area contributed by atoms with Gasteiger partial charge in [-0.2, -0.15) is 0 Å². The van der Waals surface area contributed by atoms with Gasteiger partial charge in [0.25, 0.3) is 0 Å². The standard InChI is InChI=1S/C20H19BrN2O4/c21-15-11-16-17(23-12-15)7-8-18(27-13-14-5-2-1-3-6-14)19(16)26-10-4-9-22-20(24)25/h1-3,5-8,11-12,22H,4,9-10,13H2,(H,24,25). The predicted octanol–water partition coefficient (Wildman–Crippen LogP) is 4.61. The molecule has 3 aromatic rings. The maximum atomic E-state index is 10.5. The van der Waals surface area contributed by atoms with Crippen molar-refractivity contribution in [3.8, 4) is 11.5 Å². The van der Waals surface area contributed by atoms with Gasteiger partial charge in [-0.25, -0.2) is 4.79 Å².